The number of hydrazine groups is 1. The molecule has 0 atom stereocenters. The number of nitrogens with zero attached hydrogens (tertiary/aromatic N) is 2. The molecule has 0 unspecified atom stereocenters. The van der Waals surface area contributed by atoms with E-state index in [-0.39, 0.29) is 0 Å². The number of guanidine groups is 1. The normalized spacial score (nSPS) is 11.9. The van der Waals surface area contributed by atoms with Crippen molar-refractivity contribution >= 4 is 5.96 Å². The number of aliphatic imine (C=N–C) groups is 1. The Bertz CT molecular complexity index is 143. The fourth-order valence-electron chi connectivity index (χ4n) is 0.898. The third-order valence-electron chi connectivity index (χ3n) is 1.51. The van der Waals surface area contributed by atoms with Crippen LogP contribution in [0.2, 0.25) is 0 Å². The number of hydrogen-bond acceptors (Lipinski definition) is 3. The van der Waals surface area contributed by atoms with Gasteiger partial charge in [0.2, 0.25) is 5.96 Å². The Kier molecular flexibility index (Phi) is 7.33. The van der Waals surface area contributed by atoms with Crippen molar-refractivity contribution in [2.75, 3.05) is 33.7 Å². The van der Waals surface area contributed by atoms with Gasteiger partial charge in [-0.15, -0.1) is 0 Å². The van der Waals surface area contributed by atoms with Gasteiger partial charge in [-0.05, 0) is 34.0 Å². The van der Waals surface area contributed by atoms with E-state index >= 15 is 0 Å². The third-order valence-corrected chi connectivity index (χ3v) is 1.51. The van der Waals surface area contributed by atoms with E-state index in [1.807, 2.05) is 6.92 Å². The third kappa shape index (κ3) is 7.55. The molecule has 0 aliphatic heterocycles. The van der Waals surface area contributed by atoms with Gasteiger partial charge in [-0.1, -0.05) is 0 Å². The molecule has 0 fully saturated rings. The molecule has 0 aliphatic carbocycles. The summed E-state index contributed by atoms with van der Waals surface area (Å²) in [7, 11) is 4.10. The van der Waals surface area contributed by atoms with Crippen molar-refractivity contribution in [2.45, 2.75) is 13.3 Å². The lowest BCUT2D eigenvalue weighted by atomic mass is 10.4. The van der Waals surface area contributed by atoms with Gasteiger partial charge in [0.05, 0.1) is 0 Å². The molecule has 13 heavy (non-hydrogen) atoms. The Balaban J connectivity index is 3.54. The Morgan fingerprint density at radius 1 is 1.46 bits per heavy atom. The van der Waals surface area contributed by atoms with Crippen molar-refractivity contribution in [1.82, 2.24) is 15.6 Å². The molecule has 0 aromatic rings. The monoisotopic (exact) mass is 187 g/mol. The Morgan fingerprint density at radius 2 is 2.15 bits per heavy atom. The van der Waals surface area contributed by atoms with E-state index in [0.29, 0.717) is 5.96 Å². The highest BCUT2D eigenvalue weighted by Crippen LogP contribution is 1.84. The number of rotatable bonds is 5. The van der Waals surface area contributed by atoms with Crippen LogP contribution in [0, 0.1) is 0 Å². The van der Waals surface area contributed by atoms with Crippen LogP contribution in [0.25, 0.3) is 0 Å². The first-order chi connectivity index (χ1) is 6.20. The molecular formula is C8H21N5. The number of nitrogens with one attached hydrogen (secondary N) is 2. The lowest BCUT2D eigenvalue weighted by Crippen LogP contribution is -2.41. The maximum Gasteiger partial charge on any atom is 0.205 e. The van der Waals surface area contributed by atoms with E-state index in [9.17, 15) is 0 Å². The van der Waals surface area contributed by atoms with Crippen LogP contribution < -0.4 is 16.6 Å². The highest BCUT2D eigenvalue weighted by atomic mass is 15.3. The maximum atomic E-state index is 5.25. The second-order valence-corrected chi connectivity index (χ2v) is 3.06. The summed E-state index contributed by atoms with van der Waals surface area (Å²) < 4.78 is 0. The summed E-state index contributed by atoms with van der Waals surface area (Å²) in [4.78, 5) is 6.38. The van der Waals surface area contributed by atoms with Crippen molar-refractivity contribution in [2.24, 2.45) is 10.8 Å². The second-order valence-electron chi connectivity index (χ2n) is 3.06. The van der Waals surface area contributed by atoms with E-state index in [2.05, 4.69) is 34.7 Å². The summed E-state index contributed by atoms with van der Waals surface area (Å²) in [5.74, 6) is 5.91. The fraction of sp³-hybridized carbons (Fsp3) is 0.875. The molecule has 0 saturated carbocycles. The van der Waals surface area contributed by atoms with Crippen LogP contribution in [0.15, 0.2) is 4.99 Å². The molecule has 78 valence electrons. The Morgan fingerprint density at radius 3 is 2.62 bits per heavy atom. The predicted molar refractivity (Wildman–Crippen MR) is 56.5 cm³/mol. The first kappa shape index (κ1) is 12.2. The molecule has 0 spiro atoms. The van der Waals surface area contributed by atoms with E-state index in [4.69, 9.17) is 5.84 Å². The van der Waals surface area contributed by atoms with Crippen LogP contribution in [0.1, 0.15) is 13.3 Å². The van der Waals surface area contributed by atoms with Crippen molar-refractivity contribution in [1.29, 1.82) is 0 Å². The summed E-state index contributed by atoms with van der Waals surface area (Å²) in [5, 5.41) is 3.02. The van der Waals surface area contributed by atoms with Crippen molar-refractivity contribution < 1.29 is 0 Å². The van der Waals surface area contributed by atoms with Gasteiger partial charge < -0.3 is 10.2 Å². The average molecular weight is 187 g/mol. The van der Waals surface area contributed by atoms with E-state index in [1.165, 1.54) is 0 Å². The molecular weight excluding hydrogens is 166 g/mol. The molecule has 0 bridgehead atoms. The zero-order valence-corrected chi connectivity index (χ0v) is 8.80. The summed E-state index contributed by atoms with van der Waals surface area (Å²) in [5.41, 5.74) is 2.52. The predicted octanol–water partition coefficient (Wildman–Crippen LogP) is -0.633. The fourth-order valence-corrected chi connectivity index (χ4v) is 0.898. The van der Waals surface area contributed by atoms with Crippen molar-refractivity contribution in [3.63, 3.8) is 0 Å². The smallest absolute Gasteiger partial charge is 0.205 e. The van der Waals surface area contributed by atoms with E-state index < -0.39 is 0 Å². The van der Waals surface area contributed by atoms with Gasteiger partial charge in [-0.3, -0.25) is 10.4 Å². The minimum Gasteiger partial charge on any atom is -0.356 e. The maximum absolute atomic E-state index is 5.25. The summed E-state index contributed by atoms with van der Waals surface area (Å²) in [6, 6.07) is 0. The highest BCUT2D eigenvalue weighted by Gasteiger charge is 1.92. The molecule has 4 N–H and O–H groups in total. The van der Waals surface area contributed by atoms with Crippen molar-refractivity contribution in [3.8, 4) is 0 Å². The van der Waals surface area contributed by atoms with Gasteiger partial charge in [0, 0.05) is 13.1 Å². The standard InChI is InChI=1S/C8H21N5/c1-4-10-8(12-9)11-6-5-7-13(2)3/h4-7,9H2,1-3H3,(H2,10,11,12). The Hall–Kier alpha value is -0.810. The first-order valence-electron chi connectivity index (χ1n) is 4.60. The molecule has 0 heterocycles. The molecule has 0 rings (SSSR count). The molecule has 0 saturated heterocycles. The van der Waals surface area contributed by atoms with Gasteiger partial charge in [-0.25, -0.2) is 5.84 Å². The SMILES string of the molecule is CCNC(=NCCCN(C)C)NN. The topological polar surface area (TPSA) is 65.7 Å². The number of hydrogen-bond donors (Lipinski definition) is 3. The first-order valence-corrected chi connectivity index (χ1v) is 4.60. The van der Waals surface area contributed by atoms with E-state index in [0.717, 1.165) is 26.1 Å². The minimum atomic E-state index is 0.668. The lowest BCUT2D eigenvalue weighted by Gasteiger charge is -2.09. The lowest BCUT2D eigenvalue weighted by molar-refractivity contribution is 0.403. The van der Waals surface area contributed by atoms with Gasteiger partial charge in [0.25, 0.3) is 0 Å². The quantitative estimate of drug-likeness (QED) is 0.176. The van der Waals surface area contributed by atoms with E-state index in [1.54, 1.807) is 0 Å². The summed E-state index contributed by atoms with van der Waals surface area (Å²) in [6.45, 7) is 4.68. The molecule has 0 radical (unpaired) electrons. The van der Waals surface area contributed by atoms with Crippen LogP contribution >= 0.6 is 0 Å². The largest absolute Gasteiger partial charge is 0.356 e. The zero-order valence-electron chi connectivity index (χ0n) is 8.80. The van der Waals surface area contributed by atoms with Crippen LogP contribution in [0.3, 0.4) is 0 Å². The molecule has 0 aromatic carbocycles. The molecule has 0 aliphatic rings. The van der Waals surface area contributed by atoms with Gasteiger partial charge in [-0.2, -0.15) is 0 Å². The minimum absolute atomic E-state index is 0.668. The highest BCUT2D eigenvalue weighted by molar-refractivity contribution is 5.78. The molecule has 0 amide bonds. The van der Waals surface area contributed by atoms with Gasteiger partial charge >= 0.3 is 0 Å². The van der Waals surface area contributed by atoms with Crippen LogP contribution in [0.4, 0.5) is 0 Å². The van der Waals surface area contributed by atoms with Crippen LogP contribution in [-0.2, 0) is 0 Å². The summed E-state index contributed by atoms with van der Waals surface area (Å²) in [6.07, 6.45) is 1.05. The summed E-state index contributed by atoms with van der Waals surface area (Å²) >= 11 is 0. The molecule has 0 aromatic heterocycles. The average Bonchev–Trinajstić information content (AvgIpc) is 2.10. The van der Waals surface area contributed by atoms with Crippen molar-refractivity contribution in [3.05, 3.63) is 0 Å². The molecule has 5 nitrogen and oxygen atoms in total. The Labute approximate surface area is 80.4 Å². The van der Waals surface area contributed by atoms with Crippen LogP contribution in [-0.4, -0.2) is 44.6 Å². The van der Waals surface area contributed by atoms with Crippen LogP contribution in [0.5, 0.6) is 0 Å². The zero-order chi connectivity index (χ0) is 10.1. The second kappa shape index (κ2) is 7.82. The van der Waals surface area contributed by atoms with Gasteiger partial charge in [0.15, 0.2) is 0 Å². The van der Waals surface area contributed by atoms with Gasteiger partial charge in [0.1, 0.15) is 0 Å². The molecule has 5 heteroatoms. The number of nitrogens with two attached hydrogens (primary N) is 1.